The van der Waals surface area contributed by atoms with Gasteiger partial charge in [0, 0.05) is 12.0 Å². The predicted octanol–water partition coefficient (Wildman–Crippen LogP) is 3.47. The second kappa shape index (κ2) is 9.89. The number of likely N-dealkylation sites (N-methyl/N-ethyl adjacent to an activating group) is 1. The van der Waals surface area contributed by atoms with Crippen LogP contribution in [0.4, 0.5) is 4.39 Å². The van der Waals surface area contributed by atoms with Crippen LogP contribution in [0, 0.1) is 5.82 Å². The van der Waals surface area contributed by atoms with Gasteiger partial charge in [0.1, 0.15) is 11.6 Å². The van der Waals surface area contributed by atoms with E-state index in [9.17, 15) is 4.39 Å². The molecular weight excluding hydrogens is 458 g/mol. The van der Waals surface area contributed by atoms with Crippen LogP contribution in [-0.2, 0) is 0 Å². The predicted molar refractivity (Wildman–Crippen MR) is 117 cm³/mol. The average Bonchev–Trinajstić information content (AvgIpc) is 2.63. The Balaban J connectivity index is 0.00000261. The van der Waals surface area contributed by atoms with Crippen LogP contribution in [0.1, 0.15) is 29.6 Å². The summed E-state index contributed by atoms with van der Waals surface area (Å²) >= 11 is 0. The number of aliphatic imine (C=N–C) groups is 1. The molecule has 0 saturated heterocycles. The fourth-order valence-corrected chi connectivity index (χ4v) is 3.15. The largest absolute Gasteiger partial charge is 0.493 e. The number of ether oxygens (including phenoxy) is 1. The van der Waals surface area contributed by atoms with Crippen molar-refractivity contribution in [1.82, 2.24) is 10.2 Å². The van der Waals surface area contributed by atoms with Crippen LogP contribution in [0.3, 0.4) is 0 Å². The zero-order chi connectivity index (χ0) is 18.5. The lowest BCUT2D eigenvalue weighted by Gasteiger charge is -2.27. The number of nitrogens with two attached hydrogens (primary N) is 1. The fourth-order valence-electron chi connectivity index (χ4n) is 3.15. The minimum absolute atomic E-state index is 0. The third kappa shape index (κ3) is 5.55. The van der Waals surface area contributed by atoms with Crippen LogP contribution < -0.4 is 15.8 Å². The Morgan fingerprint density at radius 3 is 2.67 bits per heavy atom. The summed E-state index contributed by atoms with van der Waals surface area (Å²) in [4.78, 5) is 6.57. The summed E-state index contributed by atoms with van der Waals surface area (Å²) in [5.74, 6) is 1.05. The summed E-state index contributed by atoms with van der Waals surface area (Å²) in [7, 11) is 3.95. The van der Waals surface area contributed by atoms with Crippen molar-refractivity contribution in [3.8, 4) is 5.75 Å². The van der Waals surface area contributed by atoms with E-state index in [2.05, 4.69) is 10.3 Å². The fraction of sp³-hybridized carbons (Fsp3) is 0.350. The maximum absolute atomic E-state index is 13.2. The molecule has 2 aromatic carbocycles. The quantitative estimate of drug-likeness (QED) is 0.388. The number of rotatable bonds is 5. The van der Waals surface area contributed by atoms with E-state index in [1.54, 1.807) is 12.1 Å². The normalized spacial score (nSPS) is 17.5. The van der Waals surface area contributed by atoms with Crippen LogP contribution in [0.5, 0.6) is 5.75 Å². The van der Waals surface area contributed by atoms with Crippen molar-refractivity contribution in [2.75, 3.05) is 27.2 Å². The lowest BCUT2D eigenvalue weighted by atomic mass is 10.0. The third-order valence-corrected chi connectivity index (χ3v) is 4.59. The summed E-state index contributed by atoms with van der Waals surface area (Å²) in [6, 6.07) is 14.6. The van der Waals surface area contributed by atoms with Gasteiger partial charge in [0.05, 0.1) is 25.2 Å². The van der Waals surface area contributed by atoms with Crippen molar-refractivity contribution in [3.63, 3.8) is 0 Å². The molecule has 0 saturated carbocycles. The molecule has 1 aliphatic heterocycles. The second-order valence-electron chi connectivity index (χ2n) is 6.63. The van der Waals surface area contributed by atoms with Crippen LogP contribution in [0.25, 0.3) is 0 Å². The van der Waals surface area contributed by atoms with E-state index in [0.29, 0.717) is 19.1 Å². The molecule has 0 aromatic heterocycles. The number of hydrogen-bond donors (Lipinski definition) is 2. The monoisotopic (exact) mass is 484 g/mol. The first-order valence-corrected chi connectivity index (χ1v) is 8.74. The molecule has 2 atom stereocenters. The maximum Gasteiger partial charge on any atom is 0.189 e. The zero-order valence-corrected chi connectivity index (χ0v) is 17.9. The first kappa shape index (κ1) is 21.4. The van der Waals surface area contributed by atoms with Gasteiger partial charge in [-0.05, 0) is 37.9 Å². The number of fused-ring (bicyclic) bond motifs is 1. The number of nitrogens with one attached hydrogen (secondary N) is 1. The SMILES string of the molecule is CN(C)C(CN=C(N)NC1CCOc2ccccc21)c1ccc(F)cc1.I. The molecule has 146 valence electrons. The standard InChI is InChI=1S/C20H25FN4O.HI/c1-25(2)18(14-7-9-15(21)10-8-14)13-23-20(22)24-17-11-12-26-19-6-4-3-5-16(17)19;/h3-10,17-18H,11-13H2,1-2H3,(H3,22,23,24);1H. The number of hydrogen-bond acceptors (Lipinski definition) is 3. The molecule has 0 bridgehead atoms. The first-order valence-electron chi connectivity index (χ1n) is 8.74. The maximum atomic E-state index is 13.2. The van der Waals surface area contributed by atoms with Crippen molar-refractivity contribution < 1.29 is 9.13 Å². The smallest absolute Gasteiger partial charge is 0.189 e. The highest BCUT2D eigenvalue weighted by atomic mass is 127. The van der Waals surface area contributed by atoms with Gasteiger partial charge in [-0.3, -0.25) is 4.99 Å². The average molecular weight is 484 g/mol. The van der Waals surface area contributed by atoms with E-state index in [4.69, 9.17) is 10.5 Å². The van der Waals surface area contributed by atoms with Crippen LogP contribution in [0.2, 0.25) is 0 Å². The summed E-state index contributed by atoms with van der Waals surface area (Å²) < 4.78 is 18.8. The Labute approximate surface area is 176 Å². The number of benzene rings is 2. The van der Waals surface area contributed by atoms with Gasteiger partial charge in [-0.2, -0.15) is 0 Å². The van der Waals surface area contributed by atoms with Gasteiger partial charge in [0.25, 0.3) is 0 Å². The van der Waals surface area contributed by atoms with Crippen molar-refractivity contribution in [2.24, 2.45) is 10.7 Å². The van der Waals surface area contributed by atoms with Crippen molar-refractivity contribution in [3.05, 3.63) is 65.5 Å². The molecule has 5 nitrogen and oxygen atoms in total. The topological polar surface area (TPSA) is 62.9 Å². The van der Waals surface area contributed by atoms with Gasteiger partial charge >= 0.3 is 0 Å². The Morgan fingerprint density at radius 1 is 1.26 bits per heavy atom. The molecule has 0 fully saturated rings. The van der Waals surface area contributed by atoms with Gasteiger partial charge in [-0.25, -0.2) is 4.39 Å². The highest BCUT2D eigenvalue weighted by Gasteiger charge is 2.21. The lowest BCUT2D eigenvalue weighted by molar-refractivity contribution is 0.262. The van der Waals surface area contributed by atoms with Gasteiger partial charge in [-0.1, -0.05) is 30.3 Å². The second-order valence-corrected chi connectivity index (χ2v) is 6.63. The minimum Gasteiger partial charge on any atom is -0.493 e. The van der Waals surface area contributed by atoms with Crippen molar-refractivity contribution >= 4 is 29.9 Å². The molecule has 3 rings (SSSR count). The van der Waals surface area contributed by atoms with E-state index in [1.807, 2.05) is 43.3 Å². The van der Waals surface area contributed by atoms with E-state index in [-0.39, 0.29) is 41.9 Å². The molecule has 0 aliphatic carbocycles. The number of nitrogens with zero attached hydrogens (tertiary/aromatic N) is 2. The van der Waals surface area contributed by atoms with E-state index >= 15 is 0 Å². The lowest BCUT2D eigenvalue weighted by Crippen LogP contribution is -2.38. The Kier molecular flexibility index (Phi) is 7.85. The molecule has 1 aliphatic rings. The summed E-state index contributed by atoms with van der Waals surface area (Å²) in [5, 5.41) is 3.30. The number of guanidine groups is 1. The highest BCUT2D eigenvalue weighted by molar-refractivity contribution is 14.0. The van der Waals surface area contributed by atoms with E-state index < -0.39 is 0 Å². The van der Waals surface area contributed by atoms with Crippen LogP contribution in [-0.4, -0.2) is 38.1 Å². The Hall–Kier alpha value is -1.87. The first-order chi connectivity index (χ1) is 12.5. The highest BCUT2D eigenvalue weighted by Crippen LogP contribution is 2.31. The van der Waals surface area contributed by atoms with Gasteiger partial charge < -0.3 is 20.7 Å². The minimum atomic E-state index is -0.242. The molecule has 3 N–H and O–H groups in total. The van der Waals surface area contributed by atoms with E-state index in [1.165, 1.54) is 12.1 Å². The van der Waals surface area contributed by atoms with E-state index in [0.717, 1.165) is 23.3 Å². The molecule has 2 unspecified atom stereocenters. The van der Waals surface area contributed by atoms with Crippen molar-refractivity contribution in [1.29, 1.82) is 0 Å². The van der Waals surface area contributed by atoms with Gasteiger partial charge in [-0.15, -0.1) is 24.0 Å². The Morgan fingerprint density at radius 2 is 1.96 bits per heavy atom. The number of para-hydroxylation sites is 1. The molecule has 0 radical (unpaired) electrons. The van der Waals surface area contributed by atoms with Gasteiger partial charge in [0.15, 0.2) is 5.96 Å². The molecule has 1 heterocycles. The van der Waals surface area contributed by atoms with Gasteiger partial charge in [0.2, 0.25) is 0 Å². The molecule has 7 heteroatoms. The molecule has 0 amide bonds. The molecular formula is C20H26FIN4O. The zero-order valence-electron chi connectivity index (χ0n) is 15.6. The number of halogens is 2. The summed E-state index contributed by atoms with van der Waals surface area (Å²) in [6.45, 7) is 1.14. The Bertz CT molecular complexity index is 767. The summed E-state index contributed by atoms with van der Waals surface area (Å²) in [5.41, 5.74) is 8.23. The summed E-state index contributed by atoms with van der Waals surface area (Å²) in [6.07, 6.45) is 0.836. The third-order valence-electron chi connectivity index (χ3n) is 4.59. The van der Waals surface area contributed by atoms with Crippen LogP contribution in [0.15, 0.2) is 53.5 Å². The molecule has 0 spiro atoms. The molecule has 27 heavy (non-hydrogen) atoms. The van der Waals surface area contributed by atoms with Crippen LogP contribution >= 0.6 is 24.0 Å². The van der Waals surface area contributed by atoms with Crippen molar-refractivity contribution in [2.45, 2.75) is 18.5 Å². The molecule has 2 aromatic rings.